The van der Waals surface area contributed by atoms with E-state index in [-0.39, 0.29) is 18.5 Å². The molecule has 0 bridgehead atoms. The minimum absolute atomic E-state index is 0.0285. The number of nitrogens with one attached hydrogen (secondary N) is 1. The monoisotopic (exact) mass is 930 g/mol. The number of allylic oxidation sites excluding steroid dienone is 3. The first-order valence-electron chi connectivity index (χ1n) is 29.6. The van der Waals surface area contributed by atoms with E-state index in [1.807, 2.05) is 6.08 Å². The standard InChI is InChI=1S/C60H115NO5/c1-3-5-7-9-11-13-15-17-19-20-21-22-23-24-25-26-27-28-29-30-32-36-40-44-48-52-58(63)57(56-62)61-59(64)53-49-45-41-37-34-35-39-43-47-51-55-66-60(65)54-50-46-42-38-33-31-18-16-14-12-10-8-6-4-2/h16,18,48,52,57-58,62-63H,3-15,17,19-47,49-51,53-56H2,1-2H3,(H,61,64)/b18-16-,52-48+. The summed E-state index contributed by atoms with van der Waals surface area (Å²) in [4.78, 5) is 24.5. The summed E-state index contributed by atoms with van der Waals surface area (Å²) in [5.41, 5.74) is 0. The van der Waals surface area contributed by atoms with E-state index in [9.17, 15) is 19.8 Å². The van der Waals surface area contributed by atoms with Crippen LogP contribution >= 0.6 is 0 Å². The number of esters is 1. The smallest absolute Gasteiger partial charge is 0.305 e. The first-order valence-corrected chi connectivity index (χ1v) is 29.6. The van der Waals surface area contributed by atoms with Crippen molar-refractivity contribution in [3.63, 3.8) is 0 Å². The van der Waals surface area contributed by atoms with E-state index in [2.05, 4.69) is 31.3 Å². The lowest BCUT2D eigenvalue weighted by atomic mass is 10.0. The molecule has 6 nitrogen and oxygen atoms in total. The topological polar surface area (TPSA) is 95.9 Å². The maximum Gasteiger partial charge on any atom is 0.305 e. The third-order valence-electron chi connectivity index (χ3n) is 13.7. The molecule has 3 N–H and O–H groups in total. The summed E-state index contributed by atoms with van der Waals surface area (Å²) in [5, 5.41) is 23.2. The first-order chi connectivity index (χ1) is 32.5. The van der Waals surface area contributed by atoms with Gasteiger partial charge in [0.2, 0.25) is 5.91 Å². The second-order valence-corrected chi connectivity index (χ2v) is 20.3. The Morgan fingerprint density at radius 1 is 0.409 bits per heavy atom. The average molecular weight is 931 g/mol. The van der Waals surface area contributed by atoms with E-state index in [1.165, 1.54) is 238 Å². The van der Waals surface area contributed by atoms with Crippen LogP contribution in [-0.2, 0) is 14.3 Å². The molecule has 0 aliphatic carbocycles. The van der Waals surface area contributed by atoms with Crippen LogP contribution in [0, 0.1) is 0 Å². The molecular weight excluding hydrogens is 815 g/mol. The highest BCUT2D eigenvalue weighted by molar-refractivity contribution is 5.76. The van der Waals surface area contributed by atoms with Crippen molar-refractivity contribution in [2.45, 2.75) is 334 Å². The Labute approximate surface area is 411 Å². The minimum atomic E-state index is -0.861. The van der Waals surface area contributed by atoms with Crippen molar-refractivity contribution in [3.8, 4) is 0 Å². The van der Waals surface area contributed by atoms with Gasteiger partial charge < -0.3 is 20.3 Å². The fourth-order valence-corrected chi connectivity index (χ4v) is 9.16. The minimum Gasteiger partial charge on any atom is -0.466 e. The van der Waals surface area contributed by atoms with Crippen molar-refractivity contribution in [2.75, 3.05) is 13.2 Å². The highest BCUT2D eigenvalue weighted by Gasteiger charge is 2.18. The van der Waals surface area contributed by atoms with Gasteiger partial charge in [0.25, 0.3) is 0 Å². The number of rotatable bonds is 55. The van der Waals surface area contributed by atoms with Crippen molar-refractivity contribution >= 4 is 11.9 Å². The van der Waals surface area contributed by atoms with Gasteiger partial charge in [0.15, 0.2) is 0 Å². The second kappa shape index (κ2) is 55.9. The molecule has 0 aromatic rings. The van der Waals surface area contributed by atoms with Crippen LogP contribution in [0.2, 0.25) is 0 Å². The van der Waals surface area contributed by atoms with Gasteiger partial charge in [0.05, 0.1) is 25.4 Å². The molecule has 0 fully saturated rings. The van der Waals surface area contributed by atoms with Crippen LogP contribution in [0.15, 0.2) is 24.3 Å². The predicted molar refractivity (Wildman–Crippen MR) is 287 cm³/mol. The summed E-state index contributed by atoms with van der Waals surface area (Å²) in [5.74, 6) is -0.117. The molecule has 0 spiro atoms. The fraction of sp³-hybridized carbons (Fsp3) is 0.900. The van der Waals surface area contributed by atoms with Gasteiger partial charge in [-0.3, -0.25) is 9.59 Å². The number of aliphatic hydroxyl groups is 2. The fourth-order valence-electron chi connectivity index (χ4n) is 9.16. The number of unbranched alkanes of at least 4 members (excludes halogenated alkanes) is 42. The largest absolute Gasteiger partial charge is 0.466 e. The van der Waals surface area contributed by atoms with Gasteiger partial charge in [-0.05, 0) is 57.8 Å². The summed E-state index contributed by atoms with van der Waals surface area (Å²) in [7, 11) is 0. The summed E-state index contributed by atoms with van der Waals surface area (Å²) in [6.45, 7) is 4.86. The predicted octanol–water partition coefficient (Wildman–Crippen LogP) is 18.2. The van der Waals surface area contributed by atoms with E-state index in [4.69, 9.17) is 4.74 Å². The van der Waals surface area contributed by atoms with E-state index in [1.54, 1.807) is 6.08 Å². The van der Waals surface area contributed by atoms with Crippen molar-refractivity contribution in [2.24, 2.45) is 0 Å². The summed E-state index contributed by atoms with van der Waals surface area (Å²) >= 11 is 0. The molecule has 0 saturated carbocycles. The normalized spacial score (nSPS) is 12.7. The maximum atomic E-state index is 12.5. The summed E-state index contributed by atoms with van der Waals surface area (Å²) in [6, 6.07) is -0.646. The lowest BCUT2D eigenvalue weighted by Crippen LogP contribution is -2.45. The zero-order valence-electron chi connectivity index (χ0n) is 44.4. The third kappa shape index (κ3) is 51.7. The Bertz CT molecular complexity index is 1030. The Morgan fingerprint density at radius 3 is 1.08 bits per heavy atom. The SMILES string of the molecule is CCCCCCC/C=C\CCCCCCCC(=O)OCCCCCCCCCCCCC(=O)NC(CO)C(O)/C=C/CCCCCCCCCCCCCCCCCCCCCCCCC. The van der Waals surface area contributed by atoms with Gasteiger partial charge in [0.1, 0.15) is 0 Å². The van der Waals surface area contributed by atoms with Crippen molar-refractivity contribution in [3.05, 3.63) is 24.3 Å². The van der Waals surface area contributed by atoms with Gasteiger partial charge in [-0.1, -0.05) is 276 Å². The van der Waals surface area contributed by atoms with Crippen LogP contribution in [0.5, 0.6) is 0 Å². The zero-order chi connectivity index (χ0) is 47.9. The molecule has 2 unspecified atom stereocenters. The molecule has 66 heavy (non-hydrogen) atoms. The molecule has 0 saturated heterocycles. The van der Waals surface area contributed by atoms with Crippen molar-refractivity contribution < 1.29 is 24.5 Å². The van der Waals surface area contributed by atoms with Gasteiger partial charge in [0, 0.05) is 12.8 Å². The number of carbonyl (C=O) groups is 2. The van der Waals surface area contributed by atoms with Gasteiger partial charge in [-0.2, -0.15) is 0 Å². The second-order valence-electron chi connectivity index (χ2n) is 20.3. The average Bonchev–Trinajstić information content (AvgIpc) is 3.32. The number of ether oxygens (including phenoxy) is 1. The summed E-state index contributed by atoms with van der Waals surface area (Å²) in [6.07, 6.45) is 67.7. The number of hydrogen-bond donors (Lipinski definition) is 3. The quantitative estimate of drug-likeness (QED) is 0.0321. The van der Waals surface area contributed by atoms with E-state index in [0.717, 1.165) is 57.8 Å². The van der Waals surface area contributed by atoms with Crippen LogP contribution in [0.3, 0.4) is 0 Å². The third-order valence-corrected chi connectivity index (χ3v) is 13.7. The Kier molecular flexibility index (Phi) is 54.5. The molecule has 6 heteroatoms. The van der Waals surface area contributed by atoms with Crippen molar-refractivity contribution in [1.82, 2.24) is 5.32 Å². The number of hydrogen-bond acceptors (Lipinski definition) is 5. The highest BCUT2D eigenvalue weighted by Crippen LogP contribution is 2.17. The van der Waals surface area contributed by atoms with Crippen LogP contribution in [0.4, 0.5) is 0 Å². The number of carbonyl (C=O) groups excluding carboxylic acids is 2. The van der Waals surface area contributed by atoms with Crippen LogP contribution in [0.25, 0.3) is 0 Å². The number of aliphatic hydroxyl groups excluding tert-OH is 2. The van der Waals surface area contributed by atoms with E-state index in [0.29, 0.717) is 19.4 Å². The van der Waals surface area contributed by atoms with Crippen molar-refractivity contribution in [1.29, 1.82) is 0 Å². The molecule has 0 aromatic heterocycles. The highest BCUT2D eigenvalue weighted by atomic mass is 16.5. The number of amides is 1. The zero-order valence-corrected chi connectivity index (χ0v) is 44.4. The van der Waals surface area contributed by atoms with Gasteiger partial charge >= 0.3 is 5.97 Å². The molecule has 0 aromatic carbocycles. The van der Waals surface area contributed by atoms with Crippen LogP contribution < -0.4 is 5.32 Å². The Balaban J connectivity index is 3.50. The molecule has 1 amide bonds. The molecule has 0 heterocycles. The molecule has 0 radical (unpaired) electrons. The molecule has 0 aliphatic heterocycles. The molecule has 390 valence electrons. The van der Waals surface area contributed by atoms with Crippen LogP contribution in [-0.4, -0.2) is 47.4 Å². The Morgan fingerprint density at radius 2 is 0.712 bits per heavy atom. The Hall–Kier alpha value is -1.66. The summed E-state index contributed by atoms with van der Waals surface area (Å²) < 4.78 is 5.45. The van der Waals surface area contributed by atoms with Gasteiger partial charge in [-0.25, -0.2) is 0 Å². The van der Waals surface area contributed by atoms with E-state index >= 15 is 0 Å². The maximum absolute atomic E-state index is 12.5. The van der Waals surface area contributed by atoms with E-state index < -0.39 is 12.1 Å². The first kappa shape index (κ1) is 64.3. The lowest BCUT2D eigenvalue weighted by molar-refractivity contribution is -0.143. The molecule has 2 atom stereocenters. The molecule has 0 rings (SSSR count). The lowest BCUT2D eigenvalue weighted by Gasteiger charge is -2.20. The molecular formula is C60H115NO5. The molecule has 0 aliphatic rings. The van der Waals surface area contributed by atoms with Crippen LogP contribution in [0.1, 0.15) is 322 Å². The van der Waals surface area contributed by atoms with Gasteiger partial charge in [-0.15, -0.1) is 0 Å².